The minimum Gasteiger partial charge on any atom is -0.480 e. The summed E-state index contributed by atoms with van der Waals surface area (Å²) in [5, 5.41) is 9.10. The zero-order valence-electron chi connectivity index (χ0n) is 11.8. The molecule has 6 nitrogen and oxygen atoms in total. The van der Waals surface area contributed by atoms with Crippen molar-refractivity contribution >= 4 is 16.2 Å². The second-order valence-corrected chi connectivity index (χ2v) is 7.24. The van der Waals surface area contributed by atoms with E-state index in [2.05, 4.69) is 4.72 Å². The monoisotopic (exact) mass is 292 g/mol. The Bertz CT molecular complexity index is 408. The molecule has 1 heterocycles. The van der Waals surface area contributed by atoms with E-state index in [1.807, 2.05) is 20.8 Å². The van der Waals surface area contributed by atoms with Gasteiger partial charge in [-0.05, 0) is 31.1 Å². The SMILES string of the molecule is CC(C)C(C)CNS(=O)(=O)N1CCCCC1C(=O)O. The highest BCUT2D eigenvalue weighted by atomic mass is 32.2. The van der Waals surface area contributed by atoms with Crippen molar-refractivity contribution in [2.24, 2.45) is 11.8 Å². The molecule has 19 heavy (non-hydrogen) atoms. The summed E-state index contributed by atoms with van der Waals surface area (Å²) in [4.78, 5) is 11.1. The van der Waals surface area contributed by atoms with Gasteiger partial charge in [0.15, 0.2) is 0 Å². The molecular weight excluding hydrogens is 268 g/mol. The summed E-state index contributed by atoms with van der Waals surface area (Å²) in [6.45, 7) is 6.64. The number of nitrogens with zero attached hydrogens (tertiary/aromatic N) is 1. The van der Waals surface area contributed by atoms with Crippen LogP contribution in [0.1, 0.15) is 40.0 Å². The van der Waals surface area contributed by atoms with E-state index in [4.69, 9.17) is 5.11 Å². The van der Waals surface area contributed by atoms with Crippen LogP contribution in [0.2, 0.25) is 0 Å². The molecule has 112 valence electrons. The first-order valence-corrected chi connectivity index (χ1v) is 8.19. The van der Waals surface area contributed by atoms with Crippen molar-refractivity contribution < 1.29 is 18.3 Å². The first-order valence-electron chi connectivity index (χ1n) is 6.75. The Hall–Kier alpha value is -0.660. The van der Waals surface area contributed by atoms with Gasteiger partial charge < -0.3 is 5.11 Å². The average Bonchev–Trinajstić information content (AvgIpc) is 2.35. The zero-order valence-corrected chi connectivity index (χ0v) is 12.6. The van der Waals surface area contributed by atoms with Crippen molar-refractivity contribution in [3.05, 3.63) is 0 Å². The van der Waals surface area contributed by atoms with Crippen LogP contribution in [-0.4, -0.2) is 42.9 Å². The van der Waals surface area contributed by atoms with Crippen LogP contribution < -0.4 is 4.72 Å². The quantitative estimate of drug-likeness (QED) is 0.766. The number of hydrogen-bond acceptors (Lipinski definition) is 3. The lowest BCUT2D eigenvalue weighted by Gasteiger charge is -2.32. The number of nitrogens with one attached hydrogen (secondary N) is 1. The molecule has 0 saturated carbocycles. The van der Waals surface area contributed by atoms with Crippen LogP contribution in [0.25, 0.3) is 0 Å². The largest absolute Gasteiger partial charge is 0.480 e. The maximum absolute atomic E-state index is 12.2. The van der Waals surface area contributed by atoms with Crippen molar-refractivity contribution in [1.82, 2.24) is 9.03 Å². The fraction of sp³-hybridized carbons (Fsp3) is 0.917. The molecule has 7 heteroatoms. The summed E-state index contributed by atoms with van der Waals surface area (Å²) < 4.78 is 28.0. The number of carbonyl (C=O) groups is 1. The van der Waals surface area contributed by atoms with Gasteiger partial charge in [0, 0.05) is 13.1 Å². The second-order valence-electron chi connectivity index (χ2n) is 5.54. The predicted octanol–water partition coefficient (Wildman–Crippen LogP) is 1.05. The van der Waals surface area contributed by atoms with Gasteiger partial charge in [0.25, 0.3) is 10.2 Å². The highest BCUT2D eigenvalue weighted by Crippen LogP contribution is 2.20. The Morgan fingerprint density at radius 3 is 2.53 bits per heavy atom. The number of aliphatic carboxylic acids is 1. The summed E-state index contributed by atoms with van der Waals surface area (Å²) in [5.74, 6) is -0.482. The van der Waals surface area contributed by atoms with Gasteiger partial charge in [0.05, 0.1) is 0 Å². The fourth-order valence-electron chi connectivity index (χ4n) is 1.99. The van der Waals surface area contributed by atoms with E-state index in [-0.39, 0.29) is 12.5 Å². The summed E-state index contributed by atoms with van der Waals surface area (Å²) in [6.07, 6.45) is 1.85. The van der Waals surface area contributed by atoms with Crippen molar-refractivity contribution in [3.63, 3.8) is 0 Å². The molecule has 1 fully saturated rings. The average molecular weight is 292 g/mol. The molecule has 0 radical (unpaired) electrons. The van der Waals surface area contributed by atoms with Crippen LogP contribution in [0.4, 0.5) is 0 Å². The van der Waals surface area contributed by atoms with Gasteiger partial charge in [-0.2, -0.15) is 12.7 Å². The van der Waals surface area contributed by atoms with Gasteiger partial charge in [0.2, 0.25) is 0 Å². The molecule has 0 bridgehead atoms. The molecule has 2 unspecified atom stereocenters. The molecule has 0 aromatic rings. The van der Waals surface area contributed by atoms with Crippen LogP contribution in [0.5, 0.6) is 0 Å². The second kappa shape index (κ2) is 6.67. The molecule has 1 rings (SSSR count). The van der Waals surface area contributed by atoms with Crippen LogP contribution in [0.3, 0.4) is 0 Å². The molecule has 1 aliphatic rings. The van der Waals surface area contributed by atoms with Gasteiger partial charge in [-0.15, -0.1) is 0 Å². The van der Waals surface area contributed by atoms with Crippen molar-refractivity contribution in [2.75, 3.05) is 13.1 Å². The third-order valence-corrected chi connectivity index (χ3v) is 5.36. The number of piperidine rings is 1. The Balaban J connectivity index is 2.71. The van der Waals surface area contributed by atoms with E-state index in [1.54, 1.807) is 0 Å². The molecule has 2 N–H and O–H groups in total. The van der Waals surface area contributed by atoms with E-state index < -0.39 is 22.2 Å². The Morgan fingerprint density at radius 1 is 1.37 bits per heavy atom. The van der Waals surface area contributed by atoms with E-state index in [9.17, 15) is 13.2 Å². The molecule has 0 amide bonds. The molecule has 0 spiro atoms. The Labute approximate surface area is 115 Å². The van der Waals surface area contributed by atoms with Crippen LogP contribution in [0, 0.1) is 11.8 Å². The highest BCUT2D eigenvalue weighted by Gasteiger charge is 2.36. The van der Waals surface area contributed by atoms with Gasteiger partial charge >= 0.3 is 5.97 Å². The third-order valence-electron chi connectivity index (χ3n) is 3.77. The van der Waals surface area contributed by atoms with Gasteiger partial charge in [-0.3, -0.25) is 4.79 Å². The summed E-state index contributed by atoms with van der Waals surface area (Å²) in [5.41, 5.74) is 0. The lowest BCUT2D eigenvalue weighted by atomic mass is 9.99. The van der Waals surface area contributed by atoms with Crippen LogP contribution in [0.15, 0.2) is 0 Å². The van der Waals surface area contributed by atoms with E-state index in [1.165, 1.54) is 0 Å². The number of rotatable bonds is 6. The molecule has 0 aliphatic carbocycles. The summed E-state index contributed by atoms with van der Waals surface area (Å²) in [6, 6.07) is -0.930. The third kappa shape index (κ3) is 4.43. The van der Waals surface area contributed by atoms with Crippen LogP contribution in [-0.2, 0) is 15.0 Å². The highest BCUT2D eigenvalue weighted by molar-refractivity contribution is 7.87. The van der Waals surface area contributed by atoms with Crippen molar-refractivity contribution in [3.8, 4) is 0 Å². The Morgan fingerprint density at radius 2 is 2.00 bits per heavy atom. The molecular formula is C12H24N2O4S. The first kappa shape index (κ1) is 16.4. The Kier molecular flexibility index (Phi) is 5.76. The smallest absolute Gasteiger partial charge is 0.322 e. The normalized spacial score (nSPS) is 23.5. The lowest BCUT2D eigenvalue weighted by Crippen LogP contribution is -2.52. The van der Waals surface area contributed by atoms with Gasteiger partial charge in [-0.1, -0.05) is 20.8 Å². The fourth-order valence-corrected chi connectivity index (χ4v) is 3.53. The summed E-state index contributed by atoms with van der Waals surface area (Å²) in [7, 11) is -3.70. The van der Waals surface area contributed by atoms with E-state index >= 15 is 0 Å². The lowest BCUT2D eigenvalue weighted by molar-refractivity contribution is -0.142. The summed E-state index contributed by atoms with van der Waals surface area (Å²) >= 11 is 0. The minimum atomic E-state index is -3.70. The molecule has 1 aliphatic heterocycles. The van der Waals surface area contributed by atoms with Crippen LogP contribution >= 0.6 is 0 Å². The van der Waals surface area contributed by atoms with E-state index in [0.717, 1.165) is 10.7 Å². The van der Waals surface area contributed by atoms with E-state index in [0.29, 0.717) is 25.3 Å². The minimum absolute atomic E-state index is 0.211. The first-order chi connectivity index (χ1) is 8.75. The molecule has 0 aromatic carbocycles. The molecule has 1 saturated heterocycles. The number of hydrogen-bond donors (Lipinski definition) is 2. The van der Waals surface area contributed by atoms with Crippen molar-refractivity contribution in [1.29, 1.82) is 0 Å². The van der Waals surface area contributed by atoms with Crippen molar-refractivity contribution in [2.45, 2.75) is 46.1 Å². The zero-order chi connectivity index (χ0) is 14.6. The number of carboxylic acid groups (broad SMARTS) is 1. The molecule has 0 aromatic heterocycles. The predicted molar refractivity (Wildman–Crippen MR) is 72.9 cm³/mol. The number of carboxylic acids is 1. The standard InChI is InChI=1S/C12H24N2O4S/c1-9(2)10(3)8-13-19(17,18)14-7-5-4-6-11(14)12(15)16/h9-11,13H,4-8H2,1-3H3,(H,15,16). The topological polar surface area (TPSA) is 86.7 Å². The van der Waals surface area contributed by atoms with Gasteiger partial charge in [-0.25, -0.2) is 4.72 Å². The molecule has 2 atom stereocenters. The maximum Gasteiger partial charge on any atom is 0.322 e. The van der Waals surface area contributed by atoms with Gasteiger partial charge in [0.1, 0.15) is 6.04 Å². The maximum atomic E-state index is 12.2.